The van der Waals surface area contributed by atoms with Crippen molar-refractivity contribution in [3.8, 4) is 11.5 Å². The smallest absolute Gasteiger partial charge is 0.204 e. The van der Waals surface area contributed by atoms with E-state index in [9.17, 15) is 4.79 Å². The van der Waals surface area contributed by atoms with Crippen LogP contribution < -0.4 is 9.47 Å². The molecule has 118 valence electrons. The third-order valence-corrected chi connectivity index (χ3v) is 3.87. The zero-order valence-corrected chi connectivity index (χ0v) is 13.4. The zero-order chi connectivity index (χ0) is 16.4. The average molecular weight is 310 g/mol. The molecular formula is C19H18O4. The molecule has 3 rings (SSSR count). The molecule has 0 N–H and O–H groups in total. The summed E-state index contributed by atoms with van der Waals surface area (Å²) in [5.41, 5.74) is 1.70. The van der Waals surface area contributed by atoms with Gasteiger partial charge in [0.2, 0.25) is 5.78 Å². The summed E-state index contributed by atoms with van der Waals surface area (Å²) in [5, 5.41) is 0.808. The number of ketones is 1. The number of carbonyl (C=O) groups excluding carboxylic acids is 1. The molecule has 1 heterocycles. The van der Waals surface area contributed by atoms with Crippen LogP contribution in [0.5, 0.6) is 11.5 Å². The predicted octanol–water partition coefficient (Wildman–Crippen LogP) is 4.24. The second-order valence-corrected chi connectivity index (χ2v) is 5.12. The van der Waals surface area contributed by atoms with Crippen LogP contribution in [0.15, 0.2) is 46.9 Å². The van der Waals surface area contributed by atoms with Gasteiger partial charge in [-0.05, 0) is 18.2 Å². The van der Waals surface area contributed by atoms with Gasteiger partial charge >= 0.3 is 0 Å². The van der Waals surface area contributed by atoms with Gasteiger partial charge in [-0.3, -0.25) is 4.79 Å². The molecule has 0 spiro atoms. The molecule has 0 fully saturated rings. The van der Waals surface area contributed by atoms with Gasteiger partial charge in [-0.2, -0.15) is 0 Å². The Balaban J connectivity index is 2.26. The summed E-state index contributed by atoms with van der Waals surface area (Å²) in [4.78, 5) is 13.2. The highest BCUT2D eigenvalue weighted by molar-refractivity contribution is 6.19. The number of fused-ring (bicyclic) bond motifs is 1. The van der Waals surface area contributed by atoms with Crippen molar-refractivity contribution >= 4 is 16.8 Å². The Kier molecular flexibility index (Phi) is 4.06. The number of furan rings is 1. The summed E-state index contributed by atoms with van der Waals surface area (Å²) in [6, 6.07) is 12.9. The minimum absolute atomic E-state index is 0.152. The number of aryl methyl sites for hydroxylation is 1. The van der Waals surface area contributed by atoms with Gasteiger partial charge in [-0.15, -0.1) is 0 Å². The normalized spacial score (nSPS) is 10.7. The van der Waals surface area contributed by atoms with E-state index in [1.54, 1.807) is 32.4 Å². The van der Waals surface area contributed by atoms with Crippen LogP contribution in [-0.2, 0) is 6.42 Å². The van der Waals surface area contributed by atoms with Gasteiger partial charge < -0.3 is 13.9 Å². The zero-order valence-electron chi connectivity index (χ0n) is 13.4. The molecule has 0 unspecified atom stereocenters. The molecule has 0 aliphatic carbocycles. The SMILES string of the molecule is CCc1oc2ccccc2c1C(=O)c1c(OC)cccc1OC. The number of carbonyl (C=O) groups is 1. The lowest BCUT2D eigenvalue weighted by molar-refractivity contribution is 0.103. The summed E-state index contributed by atoms with van der Waals surface area (Å²) >= 11 is 0. The number of hydrogen-bond donors (Lipinski definition) is 0. The molecule has 0 atom stereocenters. The van der Waals surface area contributed by atoms with Crippen LogP contribution in [0.3, 0.4) is 0 Å². The van der Waals surface area contributed by atoms with Gasteiger partial charge in [0.1, 0.15) is 28.4 Å². The Bertz CT molecular complexity index is 839. The van der Waals surface area contributed by atoms with Crippen molar-refractivity contribution in [2.75, 3.05) is 14.2 Å². The first-order valence-electron chi connectivity index (χ1n) is 7.47. The molecule has 1 aromatic heterocycles. The minimum atomic E-state index is -0.152. The third-order valence-electron chi connectivity index (χ3n) is 3.87. The Labute approximate surface area is 134 Å². The molecule has 0 radical (unpaired) electrons. The number of para-hydroxylation sites is 1. The Hall–Kier alpha value is -2.75. The molecule has 0 amide bonds. The standard InChI is InChI=1S/C19H18O4/c1-4-13-17(12-8-5-6-9-14(12)23-13)19(20)18-15(21-2)10-7-11-16(18)22-3/h5-11H,4H2,1-3H3. The summed E-state index contributed by atoms with van der Waals surface area (Å²) in [6.45, 7) is 1.97. The average Bonchev–Trinajstić information content (AvgIpc) is 2.98. The second kappa shape index (κ2) is 6.16. The van der Waals surface area contributed by atoms with E-state index in [1.165, 1.54) is 0 Å². The Morgan fingerprint density at radius 2 is 1.61 bits per heavy atom. The van der Waals surface area contributed by atoms with Crippen molar-refractivity contribution in [1.82, 2.24) is 0 Å². The first-order chi connectivity index (χ1) is 11.2. The number of rotatable bonds is 5. The Morgan fingerprint density at radius 1 is 0.957 bits per heavy atom. The Morgan fingerprint density at radius 3 is 2.22 bits per heavy atom. The predicted molar refractivity (Wildman–Crippen MR) is 88.6 cm³/mol. The highest BCUT2D eigenvalue weighted by Crippen LogP contribution is 2.35. The lowest BCUT2D eigenvalue weighted by Gasteiger charge is -2.12. The van der Waals surface area contributed by atoms with Crippen LogP contribution >= 0.6 is 0 Å². The summed E-state index contributed by atoms with van der Waals surface area (Å²) in [6.07, 6.45) is 0.632. The molecule has 23 heavy (non-hydrogen) atoms. The van der Waals surface area contributed by atoms with Gasteiger partial charge in [0.15, 0.2) is 0 Å². The van der Waals surface area contributed by atoms with Gasteiger partial charge in [0.25, 0.3) is 0 Å². The van der Waals surface area contributed by atoms with Crippen LogP contribution in [0.1, 0.15) is 28.6 Å². The van der Waals surface area contributed by atoms with Gasteiger partial charge in [0, 0.05) is 11.8 Å². The minimum Gasteiger partial charge on any atom is -0.496 e. The van der Waals surface area contributed by atoms with E-state index in [0.717, 1.165) is 5.39 Å². The van der Waals surface area contributed by atoms with Crippen LogP contribution in [-0.4, -0.2) is 20.0 Å². The number of hydrogen-bond acceptors (Lipinski definition) is 4. The lowest BCUT2D eigenvalue weighted by Crippen LogP contribution is -2.08. The third kappa shape index (κ3) is 2.46. The van der Waals surface area contributed by atoms with Crippen LogP contribution in [0.4, 0.5) is 0 Å². The number of ether oxygens (including phenoxy) is 2. The highest BCUT2D eigenvalue weighted by atomic mass is 16.5. The van der Waals surface area contributed by atoms with Crippen molar-refractivity contribution in [3.05, 3.63) is 59.4 Å². The fourth-order valence-corrected chi connectivity index (χ4v) is 2.79. The van der Waals surface area contributed by atoms with Crippen LogP contribution in [0.25, 0.3) is 11.0 Å². The maximum atomic E-state index is 13.2. The van der Waals surface area contributed by atoms with E-state index >= 15 is 0 Å². The molecule has 4 nitrogen and oxygen atoms in total. The van der Waals surface area contributed by atoms with Gasteiger partial charge in [0.05, 0.1) is 19.8 Å². The van der Waals surface area contributed by atoms with Crippen LogP contribution in [0.2, 0.25) is 0 Å². The fourth-order valence-electron chi connectivity index (χ4n) is 2.79. The summed E-state index contributed by atoms with van der Waals surface area (Å²) < 4.78 is 16.6. The molecule has 2 aromatic carbocycles. The first kappa shape index (κ1) is 15.2. The second-order valence-electron chi connectivity index (χ2n) is 5.12. The summed E-state index contributed by atoms with van der Waals surface area (Å²) in [7, 11) is 3.08. The molecule has 0 bridgehead atoms. The molecular weight excluding hydrogens is 292 g/mol. The van der Waals surface area contributed by atoms with Crippen molar-refractivity contribution < 1.29 is 18.7 Å². The monoisotopic (exact) mass is 310 g/mol. The summed E-state index contributed by atoms with van der Waals surface area (Å²) in [5.74, 6) is 1.49. The van der Waals surface area contributed by atoms with E-state index in [1.807, 2.05) is 31.2 Å². The first-order valence-corrected chi connectivity index (χ1v) is 7.47. The van der Waals surface area contributed by atoms with E-state index < -0.39 is 0 Å². The number of methoxy groups -OCH3 is 2. The molecule has 0 aliphatic heterocycles. The molecule has 0 saturated heterocycles. The molecule has 0 saturated carbocycles. The van der Waals surface area contributed by atoms with Crippen molar-refractivity contribution in [1.29, 1.82) is 0 Å². The number of benzene rings is 2. The fraction of sp³-hybridized carbons (Fsp3) is 0.211. The quantitative estimate of drug-likeness (QED) is 0.661. The van der Waals surface area contributed by atoms with Crippen LogP contribution in [0, 0.1) is 0 Å². The van der Waals surface area contributed by atoms with Gasteiger partial charge in [-0.25, -0.2) is 0 Å². The van der Waals surface area contributed by atoms with Crippen molar-refractivity contribution in [3.63, 3.8) is 0 Å². The molecule has 4 heteroatoms. The van der Waals surface area contributed by atoms with E-state index in [4.69, 9.17) is 13.9 Å². The molecule has 0 aliphatic rings. The lowest BCUT2D eigenvalue weighted by atomic mass is 9.98. The molecule has 3 aromatic rings. The van der Waals surface area contributed by atoms with E-state index in [-0.39, 0.29) is 5.78 Å². The maximum absolute atomic E-state index is 13.2. The maximum Gasteiger partial charge on any atom is 0.204 e. The van der Waals surface area contributed by atoms with E-state index in [0.29, 0.717) is 40.4 Å². The van der Waals surface area contributed by atoms with E-state index in [2.05, 4.69) is 0 Å². The largest absolute Gasteiger partial charge is 0.496 e. The van der Waals surface area contributed by atoms with Crippen molar-refractivity contribution in [2.45, 2.75) is 13.3 Å². The van der Waals surface area contributed by atoms with Gasteiger partial charge in [-0.1, -0.05) is 31.2 Å². The van der Waals surface area contributed by atoms with Crippen molar-refractivity contribution in [2.24, 2.45) is 0 Å². The topological polar surface area (TPSA) is 48.7 Å². The highest BCUT2D eigenvalue weighted by Gasteiger charge is 2.26.